The molecule has 0 radical (unpaired) electrons. The molecule has 3 rings (SSSR count). The molecule has 0 aliphatic rings. The van der Waals surface area contributed by atoms with Gasteiger partial charge in [-0.05, 0) is 47.5 Å². The van der Waals surface area contributed by atoms with Gasteiger partial charge in [0.1, 0.15) is 5.82 Å². The molecule has 3 N–H and O–H groups in total. The van der Waals surface area contributed by atoms with Crippen LogP contribution in [0, 0.1) is 6.92 Å². The van der Waals surface area contributed by atoms with Crippen molar-refractivity contribution >= 4 is 44.4 Å². The summed E-state index contributed by atoms with van der Waals surface area (Å²) in [5, 5.41) is 14.2. The second-order valence-corrected chi connectivity index (χ2v) is 5.52. The molecule has 7 heteroatoms. The second kappa shape index (κ2) is 5.69. The van der Waals surface area contributed by atoms with Crippen LogP contribution in [0.3, 0.4) is 0 Å². The molecule has 0 aliphatic carbocycles. The molecule has 0 spiro atoms. The predicted octanol–water partition coefficient (Wildman–Crippen LogP) is 3.60. The smallest absolute Gasteiger partial charge is 0.226 e. The fourth-order valence-electron chi connectivity index (χ4n) is 2.02. The van der Waals surface area contributed by atoms with Crippen molar-refractivity contribution in [2.24, 2.45) is 0 Å². The normalized spacial score (nSPS) is 10.8. The van der Waals surface area contributed by atoms with E-state index in [0.717, 1.165) is 22.1 Å². The minimum Gasteiger partial charge on any atom is -0.354 e. The molecule has 0 saturated carbocycles. The highest BCUT2D eigenvalue weighted by molar-refractivity contribution is 9.10. The van der Waals surface area contributed by atoms with E-state index in [1.54, 1.807) is 6.20 Å². The zero-order chi connectivity index (χ0) is 14.8. The van der Waals surface area contributed by atoms with Crippen molar-refractivity contribution in [1.82, 2.24) is 20.2 Å². The molecule has 0 saturated heterocycles. The molecule has 3 aromatic rings. The Kier molecular flexibility index (Phi) is 3.74. The summed E-state index contributed by atoms with van der Waals surface area (Å²) < 4.78 is 0.989. The van der Waals surface area contributed by atoms with Crippen LogP contribution in [-0.4, -0.2) is 26.7 Å². The fourth-order valence-corrected chi connectivity index (χ4v) is 2.61. The lowest BCUT2D eigenvalue weighted by atomic mass is 10.2. The zero-order valence-electron chi connectivity index (χ0n) is 11.7. The average Bonchev–Trinajstić information content (AvgIpc) is 2.91. The molecule has 0 fully saturated rings. The Labute approximate surface area is 130 Å². The van der Waals surface area contributed by atoms with Gasteiger partial charge in [0.25, 0.3) is 0 Å². The van der Waals surface area contributed by atoms with Crippen LogP contribution in [-0.2, 0) is 0 Å². The Morgan fingerprint density at radius 3 is 2.90 bits per heavy atom. The quantitative estimate of drug-likeness (QED) is 0.672. The van der Waals surface area contributed by atoms with Crippen molar-refractivity contribution in [2.45, 2.75) is 13.8 Å². The Hall–Kier alpha value is -2.15. The summed E-state index contributed by atoms with van der Waals surface area (Å²) in [6.45, 7) is 4.81. The van der Waals surface area contributed by atoms with Crippen LogP contribution < -0.4 is 10.6 Å². The number of H-pyrrole nitrogens is 1. The number of rotatable bonds is 4. The third-order valence-corrected chi connectivity index (χ3v) is 3.68. The van der Waals surface area contributed by atoms with E-state index >= 15 is 0 Å². The third-order valence-electron chi connectivity index (χ3n) is 3.02. The number of anilines is 3. The van der Waals surface area contributed by atoms with Gasteiger partial charge >= 0.3 is 0 Å². The topological polar surface area (TPSA) is 78.5 Å². The van der Waals surface area contributed by atoms with Crippen molar-refractivity contribution in [3.8, 4) is 0 Å². The van der Waals surface area contributed by atoms with Gasteiger partial charge in [-0.2, -0.15) is 15.1 Å². The van der Waals surface area contributed by atoms with E-state index in [1.165, 1.54) is 5.56 Å². The van der Waals surface area contributed by atoms with Gasteiger partial charge in [0.05, 0.1) is 17.3 Å². The molecular formula is C14H15BrN6. The van der Waals surface area contributed by atoms with E-state index in [-0.39, 0.29) is 0 Å². The number of aryl methyl sites for hydroxylation is 1. The first-order valence-corrected chi connectivity index (χ1v) is 7.45. The van der Waals surface area contributed by atoms with Gasteiger partial charge in [-0.1, -0.05) is 6.07 Å². The maximum Gasteiger partial charge on any atom is 0.226 e. The van der Waals surface area contributed by atoms with Crippen LogP contribution in [0.4, 0.5) is 17.5 Å². The molecule has 2 heterocycles. The van der Waals surface area contributed by atoms with Crippen LogP contribution in [0.5, 0.6) is 0 Å². The molecule has 0 atom stereocenters. The van der Waals surface area contributed by atoms with Gasteiger partial charge in [-0.15, -0.1) is 0 Å². The minimum atomic E-state index is 0.569. The molecule has 6 nitrogen and oxygen atoms in total. The maximum absolute atomic E-state index is 4.51. The average molecular weight is 347 g/mol. The van der Waals surface area contributed by atoms with Crippen molar-refractivity contribution in [3.63, 3.8) is 0 Å². The summed E-state index contributed by atoms with van der Waals surface area (Å²) in [5.74, 6) is 1.29. The molecule has 0 unspecified atom stereocenters. The van der Waals surface area contributed by atoms with E-state index < -0.39 is 0 Å². The molecular weight excluding hydrogens is 332 g/mol. The number of fused-ring (bicyclic) bond motifs is 1. The summed E-state index contributed by atoms with van der Waals surface area (Å²) in [6, 6.07) is 6.12. The van der Waals surface area contributed by atoms with Crippen molar-refractivity contribution in [3.05, 3.63) is 34.4 Å². The summed E-state index contributed by atoms with van der Waals surface area (Å²) in [6.07, 6.45) is 1.72. The Balaban J connectivity index is 2.04. The standard InChI is InChI=1S/C14H15BrN6/c1-3-16-14-19-12(9-7-17-21-13(9)20-14)18-11-5-4-8(2)6-10(11)15/h4-7H,3H2,1-2H3,(H3,16,17,18,19,20,21). The van der Waals surface area contributed by atoms with Crippen LogP contribution >= 0.6 is 15.9 Å². The van der Waals surface area contributed by atoms with Gasteiger partial charge in [0.2, 0.25) is 5.95 Å². The van der Waals surface area contributed by atoms with Crippen LogP contribution in [0.25, 0.3) is 11.0 Å². The third kappa shape index (κ3) is 2.82. The highest BCUT2D eigenvalue weighted by Gasteiger charge is 2.10. The second-order valence-electron chi connectivity index (χ2n) is 4.67. The summed E-state index contributed by atoms with van der Waals surface area (Å²) in [5.41, 5.74) is 2.84. The molecule has 108 valence electrons. The van der Waals surface area contributed by atoms with E-state index in [4.69, 9.17) is 0 Å². The number of aromatic nitrogens is 4. The number of benzene rings is 1. The van der Waals surface area contributed by atoms with E-state index in [2.05, 4.69) is 59.7 Å². The van der Waals surface area contributed by atoms with Crippen LogP contribution in [0.1, 0.15) is 12.5 Å². The minimum absolute atomic E-state index is 0.569. The van der Waals surface area contributed by atoms with Crippen molar-refractivity contribution in [1.29, 1.82) is 0 Å². The Morgan fingerprint density at radius 2 is 2.14 bits per heavy atom. The summed E-state index contributed by atoms with van der Waals surface area (Å²) >= 11 is 3.56. The number of halogens is 1. The molecule has 0 aliphatic heterocycles. The highest BCUT2D eigenvalue weighted by Crippen LogP contribution is 2.29. The van der Waals surface area contributed by atoms with Crippen molar-refractivity contribution < 1.29 is 0 Å². The highest BCUT2D eigenvalue weighted by atomic mass is 79.9. The van der Waals surface area contributed by atoms with Gasteiger partial charge in [-0.3, -0.25) is 5.10 Å². The maximum atomic E-state index is 4.51. The fraction of sp³-hybridized carbons (Fsp3) is 0.214. The van der Waals surface area contributed by atoms with Gasteiger partial charge in [-0.25, -0.2) is 0 Å². The largest absolute Gasteiger partial charge is 0.354 e. The van der Waals surface area contributed by atoms with E-state index in [9.17, 15) is 0 Å². The van der Waals surface area contributed by atoms with Gasteiger partial charge < -0.3 is 10.6 Å². The molecule has 1 aromatic carbocycles. The van der Waals surface area contributed by atoms with Crippen LogP contribution in [0.2, 0.25) is 0 Å². The van der Waals surface area contributed by atoms with Crippen LogP contribution in [0.15, 0.2) is 28.9 Å². The molecule has 0 amide bonds. The lowest BCUT2D eigenvalue weighted by Gasteiger charge is -2.11. The first kappa shape index (κ1) is 13.8. The lowest BCUT2D eigenvalue weighted by molar-refractivity contribution is 1.07. The zero-order valence-corrected chi connectivity index (χ0v) is 13.3. The van der Waals surface area contributed by atoms with Gasteiger partial charge in [0.15, 0.2) is 5.65 Å². The number of aromatic amines is 1. The first-order chi connectivity index (χ1) is 10.2. The Morgan fingerprint density at radius 1 is 1.29 bits per heavy atom. The van der Waals surface area contributed by atoms with Gasteiger partial charge in [0, 0.05) is 11.0 Å². The monoisotopic (exact) mass is 346 g/mol. The SMILES string of the molecule is CCNc1nc(Nc2ccc(C)cc2Br)c2cn[nH]c2n1. The number of hydrogen-bond acceptors (Lipinski definition) is 5. The van der Waals surface area contributed by atoms with Crippen molar-refractivity contribution in [2.75, 3.05) is 17.2 Å². The van der Waals surface area contributed by atoms with E-state index in [0.29, 0.717) is 17.4 Å². The Bertz CT molecular complexity index is 782. The predicted molar refractivity (Wildman–Crippen MR) is 88.0 cm³/mol. The number of hydrogen-bond donors (Lipinski definition) is 3. The lowest BCUT2D eigenvalue weighted by Crippen LogP contribution is -2.05. The summed E-state index contributed by atoms with van der Waals surface area (Å²) in [7, 11) is 0. The molecule has 0 bridgehead atoms. The molecule has 21 heavy (non-hydrogen) atoms. The number of nitrogens with zero attached hydrogens (tertiary/aromatic N) is 3. The number of nitrogens with one attached hydrogen (secondary N) is 3. The summed E-state index contributed by atoms with van der Waals surface area (Å²) in [4.78, 5) is 8.88. The molecule has 2 aromatic heterocycles. The van der Waals surface area contributed by atoms with E-state index in [1.807, 2.05) is 19.1 Å². The first-order valence-electron chi connectivity index (χ1n) is 6.65.